The average Bonchev–Trinajstić information content (AvgIpc) is 3.29. The molecule has 32 heavy (non-hydrogen) atoms. The highest BCUT2D eigenvalue weighted by atomic mass is 19.4. The van der Waals surface area contributed by atoms with Gasteiger partial charge < -0.3 is 5.32 Å². The van der Waals surface area contributed by atoms with Crippen LogP contribution in [0.25, 0.3) is 11.3 Å². The van der Waals surface area contributed by atoms with Crippen LogP contribution in [0.2, 0.25) is 0 Å². The molecule has 1 amide bonds. The minimum Gasteiger partial charge on any atom is -0.351 e. The lowest BCUT2D eigenvalue weighted by atomic mass is 10.0. The maximum atomic E-state index is 13.1. The Morgan fingerprint density at radius 3 is 2.53 bits per heavy atom. The van der Waals surface area contributed by atoms with Gasteiger partial charge in [0.25, 0.3) is 0 Å². The van der Waals surface area contributed by atoms with Gasteiger partial charge in [-0.25, -0.2) is 4.68 Å². The molecule has 0 fully saturated rings. The maximum absolute atomic E-state index is 13.1. The summed E-state index contributed by atoms with van der Waals surface area (Å²) in [5, 5.41) is 7.03. The van der Waals surface area contributed by atoms with E-state index in [1.807, 2.05) is 52.3 Å². The number of rotatable bonds is 6. The van der Waals surface area contributed by atoms with Gasteiger partial charge in [0.2, 0.25) is 5.91 Å². The molecule has 3 aromatic rings. The Balaban J connectivity index is 1.31. The number of hydrogen-bond acceptors (Lipinski definition) is 3. The molecule has 4 rings (SSSR count). The lowest BCUT2D eigenvalue weighted by Crippen LogP contribution is -2.39. The molecule has 0 bridgehead atoms. The summed E-state index contributed by atoms with van der Waals surface area (Å²) >= 11 is 0. The minimum absolute atomic E-state index is 0.0598. The predicted octanol–water partition coefficient (Wildman–Crippen LogP) is 4.30. The predicted molar refractivity (Wildman–Crippen MR) is 116 cm³/mol. The molecule has 1 aliphatic heterocycles. The van der Waals surface area contributed by atoms with E-state index in [9.17, 15) is 18.0 Å². The molecule has 1 aliphatic rings. The quantitative estimate of drug-likeness (QED) is 0.622. The van der Waals surface area contributed by atoms with Crippen molar-refractivity contribution in [2.24, 2.45) is 0 Å². The van der Waals surface area contributed by atoms with Crippen molar-refractivity contribution in [3.63, 3.8) is 0 Å². The van der Waals surface area contributed by atoms with Crippen LogP contribution in [-0.2, 0) is 17.5 Å². The molecule has 5 nitrogen and oxygen atoms in total. The van der Waals surface area contributed by atoms with Gasteiger partial charge in [0.05, 0.1) is 24.0 Å². The van der Waals surface area contributed by atoms with Gasteiger partial charge >= 0.3 is 6.18 Å². The monoisotopic (exact) mass is 440 g/mol. The number of hydrogen-bond donors (Lipinski definition) is 1. The first-order valence-corrected chi connectivity index (χ1v) is 10.3. The lowest BCUT2D eigenvalue weighted by molar-refractivity contribution is -0.138. The third kappa shape index (κ3) is 5.26. The summed E-state index contributed by atoms with van der Waals surface area (Å²) in [6.45, 7) is 1.27. The fourth-order valence-electron chi connectivity index (χ4n) is 3.73. The molecule has 1 aromatic heterocycles. The van der Waals surface area contributed by atoms with Crippen molar-refractivity contribution < 1.29 is 18.0 Å². The van der Waals surface area contributed by atoms with Crippen LogP contribution in [0.15, 0.2) is 73.1 Å². The van der Waals surface area contributed by atoms with Gasteiger partial charge in [0.15, 0.2) is 0 Å². The number of carbonyl (C=O) groups is 1. The summed E-state index contributed by atoms with van der Waals surface area (Å²) in [7, 11) is 0. The van der Waals surface area contributed by atoms with E-state index in [1.54, 1.807) is 0 Å². The zero-order valence-corrected chi connectivity index (χ0v) is 17.3. The van der Waals surface area contributed by atoms with E-state index in [0.717, 1.165) is 23.7 Å². The Labute approximate surface area is 184 Å². The molecule has 0 saturated carbocycles. The summed E-state index contributed by atoms with van der Waals surface area (Å²) in [5.41, 5.74) is 2.54. The van der Waals surface area contributed by atoms with E-state index in [1.165, 1.54) is 23.8 Å². The van der Waals surface area contributed by atoms with Crippen LogP contribution in [0.4, 0.5) is 13.2 Å². The fraction of sp³-hybridized carbons (Fsp3) is 0.250. The van der Waals surface area contributed by atoms with Crippen LogP contribution < -0.4 is 5.32 Å². The summed E-state index contributed by atoms with van der Waals surface area (Å²) < 4.78 is 41.1. The fourth-order valence-corrected chi connectivity index (χ4v) is 3.73. The number of benzene rings is 2. The van der Waals surface area contributed by atoms with Crippen LogP contribution in [-0.4, -0.2) is 40.2 Å². The third-order valence-corrected chi connectivity index (χ3v) is 5.43. The number of halogens is 3. The second-order valence-electron chi connectivity index (χ2n) is 7.66. The number of nitrogens with zero attached hydrogens (tertiary/aromatic N) is 3. The molecule has 0 radical (unpaired) electrons. The van der Waals surface area contributed by atoms with Gasteiger partial charge in [-0.3, -0.25) is 9.69 Å². The normalized spacial score (nSPS) is 14.8. The van der Waals surface area contributed by atoms with E-state index in [2.05, 4.69) is 16.5 Å². The van der Waals surface area contributed by atoms with Gasteiger partial charge in [-0.15, -0.1) is 0 Å². The summed E-state index contributed by atoms with van der Waals surface area (Å²) in [4.78, 5) is 14.3. The SMILES string of the molecule is O=C(CN1CC=C(c2cnn(-c3ccccc3)c2)CC1)NCc1ccccc1C(F)(F)F. The maximum Gasteiger partial charge on any atom is 0.416 e. The number of aromatic nitrogens is 2. The second-order valence-corrected chi connectivity index (χ2v) is 7.66. The number of carbonyl (C=O) groups excluding carboxylic acids is 1. The molecule has 0 aliphatic carbocycles. The van der Waals surface area contributed by atoms with E-state index in [0.29, 0.717) is 13.1 Å². The van der Waals surface area contributed by atoms with Crippen molar-refractivity contribution in [2.75, 3.05) is 19.6 Å². The van der Waals surface area contributed by atoms with Crippen LogP contribution in [0, 0.1) is 0 Å². The summed E-state index contributed by atoms with van der Waals surface area (Å²) in [6, 6.07) is 15.1. The molecule has 1 N–H and O–H groups in total. The van der Waals surface area contributed by atoms with Gasteiger partial charge in [0, 0.05) is 31.4 Å². The van der Waals surface area contributed by atoms with E-state index in [4.69, 9.17) is 0 Å². The molecular formula is C24H23F3N4O. The third-order valence-electron chi connectivity index (χ3n) is 5.43. The highest BCUT2D eigenvalue weighted by Crippen LogP contribution is 2.31. The number of amides is 1. The number of alkyl halides is 3. The van der Waals surface area contributed by atoms with Crippen molar-refractivity contribution in [3.05, 3.63) is 89.8 Å². The first-order valence-electron chi connectivity index (χ1n) is 10.3. The molecule has 0 saturated heterocycles. The van der Waals surface area contributed by atoms with Crippen LogP contribution >= 0.6 is 0 Å². The Bertz CT molecular complexity index is 1110. The molecule has 0 unspecified atom stereocenters. The molecule has 2 heterocycles. The molecule has 8 heteroatoms. The van der Waals surface area contributed by atoms with Crippen LogP contribution in [0.3, 0.4) is 0 Å². The van der Waals surface area contributed by atoms with Crippen molar-refractivity contribution in [2.45, 2.75) is 19.1 Å². The van der Waals surface area contributed by atoms with Crippen molar-refractivity contribution in [1.82, 2.24) is 20.0 Å². The van der Waals surface area contributed by atoms with Gasteiger partial charge in [-0.05, 0) is 35.8 Å². The van der Waals surface area contributed by atoms with Gasteiger partial charge in [-0.1, -0.05) is 42.5 Å². The summed E-state index contributed by atoms with van der Waals surface area (Å²) in [5.74, 6) is -0.296. The van der Waals surface area contributed by atoms with Crippen molar-refractivity contribution >= 4 is 11.5 Å². The average molecular weight is 440 g/mol. The van der Waals surface area contributed by atoms with E-state index >= 15 is 0 Å². The number of para-hydroxylation sites is 1. The number of nitrogens with one attached hydrogen (secondary N) is 1. The Hall–Kier alpha value is -3.39. The van der Waals surface area contributed by atoms with Crippen molar-refractivity contribution in [3.8, 4) is 5.69 Å². The van der Waals surface area contributed by atoms with Crippen molar-refractivity contribution in [1.29, 1.82) is 0 Å². The second kappa shape index (κ2) is 9.40. The zero-order chi connectivity index (χ0) is 22.6. The van der Waals surface area contributed by atoms with Crippen LogP contribution in [0.1, 0.15) is 23.1 Å². The Kier molecular flexibility index (Phi) is 6.41. The standard InChI is InChI=1S/C24H23F3N4O/c25-24(26,27)22-9-5-4-6-19(22)14-28-23(32)17-30-12-10-18(11-13-30)20-15-29-31(16-20)21-7-2-1-3-8-21/h1-10,15-16H,11-14,17H2,(H,28,32). The summed E-state index contributed by atoms with van der Waals surface area (Å²) in [6.07, 6.45) is 2.22. The highest BCUT2D eigenvalue weighted by Gasteiger charge is 2.32. The Morgan fingerprint density at radius 2 is 1.81 bits per heavy atom. The molecule has 0 spiro atoms. The first-order chi connectivity index (χ1) is 15.4. The smallest absolute Gasteiger partial charge is 0.351 e. The minimum atomic E-state index is -4.44. The topological polar surface area (TPSA) is 50.2 Å². The molecule has 0 atom stereocenters. The molecule has 166 valence electrons. The molecular weight excluding hydrogens is 417 g/mol. The highest BCUT2D eigenvalue weighted by molar-refractivity contribution is 5.78. The van der Waals surface area contributed by atoms with Gasteiger partial charge in [0.1, 0.15) is 0 Å². The zero-order valence-electron chi connectivity index (χ0n) is 17.3. The van der Waals surface area contributed by atoms with E-state index < -0.39 is 11.7 Å². The van der Waals surface area contributed by atoms with Crippen LogP contribution in [0.5, 0.6) is 0 Å². The van der Waals surface area contributed by atoms with E-state index in [-0.39, 0.29) is 24.6 Å². The first kappa shape index (κ1) is 21.8. The lowest BCUT2D eigenvalue weighted by Gasteiger charge is -2.25. The molecule has 2 aromatic carbocycles. The largest absolute Gasteiger partial charge is 0.416 e. The Morgan fingerprint density at radius 1 is 1.06 bits per heavy atom. The van der Waals surface area contributed by atoms with Gasteiger partial charge in [-0.2, -0.15) is 18.3 Å².